The van der Waals surface area contributed by atoms with Crippen LogP contribution in [0.5, 0.6) is 0 Å². The molecule has 0 radical (unpaired) electrons. The molecule has 2 saturated carbocycles. The number of rotatable bonds is 1. The Labute approximate surface area is 99.8 Å². The zero-order valence-electron chi connectivity index (χ0n) is 10.5. The van der Waals surface area contributed by atoms with E-state index in [4.69, 9.17) is 0 Å². The number of nitrogens with one attached hydrogen (secondary N) is 1. The molecule has 3 fully saturated rings. The van der Waals surface area contributed by atoms with Crippen LogP contribution in [0.4, 0.5) is 0 Å². The molecule has 3 rings (SSSR count). The minimum absolute atomic E-state index is 0.824. The molecule has 2 aliphatic carbocycles. The van der Waals surface area contributed by atoms with Gasteiger partial charge in [-0.05, 0) is 25.7 Å². The van der Waals surface area contributed by atoms with Gasteiger partial charge in [0.2, 0.25) is 0 Å². The van der Waals surface area contributed by atoms with Crippen molar-refractivity contribution in [2.45, 2.75) is 75.9 Å². The summed E-state index contributed by atoms with van der Waals surface area (Å²) in [5.74, 6) is 0. The van der Waals surface area contributed by atoms with Crippen molar-refractivity contribution in [3.05, 3.63) is 0 Å². The van der Waals surface area contributed by atoms with Gasteiger partial charge in [0.1, 0.15) is 0 Å². The van der Waals surface area contributed by atoms with Crippen LogP contribution in [0.15, 0.2) is 0 Å². The molecular formula is C14H26N2. The largest absolute Gasteiger partial charge is 0.311 e. The van der Waals surface area contributed by atoms with E-state index in [1.54, 1.807) is 0 Å². The van der Waals surface area contributed by atoms with Gasteiger partial charge in [-0.3, -0.25) is 4.90 Å². The Balaban J connectivity index is 1.67. The molecule has 0 aromatic carbocycles. The molecule has 0 unspecified atom stereocenters. The van der Waals surface area contributed by atoms with E-state index in [1.807, 2.05) is 0 Å². The highest BCUT2D eigenvalue weighted by Crippen LogP contribution is 2.31. The highest BCUT2D eigenvalue weighted by Gasteiger charge is 2.36. The Hall–Kier alpha value is -0.0800. The number of piperazine rings is 1. The van der Waals surface area contributed by atoms with Crippen LogP contribution in [0, 0.1) is 0 Å². The van der Waals surface area contributed by atoms with Crippen molar-refractivity contribution in [3.8, 4) is 0 Å². The summed E-state index contributed by atoms with van der Waals surface area (Å²) in [6.07, 6.45) is 13.2. The lowest BCUT2D eigenvalue weighted by molar-refractivity contribution is 0.0343. The van der Waals surface area contributed by atoms with E-state index < -0.39 is 0 Å². The minimum Gasteiger partial charge on any atom is -0.311 e. The van der Waals surface area contributed by atoms with Crippen LogP contribution in [0.2, 0.25) is 0 Å². The Bertz CT molecular complexity index is 221. The van der Waals surface area contributed by atoms with Crippen LogP contribution < -0.4 is 5.32 Å². The molecule has 0 aromatic heterocycles. The van der Waals surface area contributed by atoms with Crippen molar-refractivity contribution >= 4 is 0 Å². The third kappa shape index (κ3) is 2.14. The fourth-order valence-electron chi connectivity index (χ4n) is 4.16. The van der Waals surface area contributed by atoms with Gasteiger partial charge in [-0.2, -0.15) is 0 Å². The normalized spacial score (nSPS) is 38.2. The number of hydrogen-bond donors (Lipinski definition) is 1. The second kappa shape index (κ2) is 5.05. The van der Waals surface area contributed by atoms with Crippen molar-refractivity contribution in [2.24, 2.45) is 0 Å². The number of hydrogen-bond acceptors (Lipinski definition) is 2. The molecule has 1 heterocycles. The van der Waals surface area contributed by atoms with Crippen molar-refractivity contribution in [1.29, 1.82) is 0 Å². The molecule has 2 atom stereocenters. The van der Waals surface area contributed by atoms with Crippen LogP contribution in [0.25, 0.3) is 0 Å². The summed E-state index contributed by atoms with van der Waals surface area (Å²) < 4.78 is 0. The molecule has 0 aromatic rings. The first-order valence-corrected chi connectivity index (χ1v) is 7.44. The number of nitrogens with zero attached hydrogens (tertiary/aromatic N) is 1. The van der Waals surface area contributed by atoms with E-state index in [0.717, 1.165) is 18.1 Å². The number of fused-ring (bicyclic) bond motifs is 1. The second-order valence-corrected chi connectivity index (χ2v) is 5.94. The summed E-state index contributed by atoms with van der Waals surface area (Å²) in [6, 6.07) is 2.64. The molecule has 0 bridgehead atoms. The SMILES string of the molecule is C1CCC(N2CCN[C@@H]3CCCC[C@H]32)CC1. The summed E-state index contributed by atoms with van der Waals surface area (Å²) in [7, 11) is 0. The van der Waals surface area contributed by atoms with Gasteiger partial charge < -0.3 is 5.32 Å². The standard InChI is InChI=1S/C14H26N2/c1-2-6-12(7-3-1)16-11-10-15-13-8-4-5-9-14(13)16/h12-15H,1-11H2/t13-,14-/m1/s1. The maximum atomic E-state index is 3.75. The lowest BCUT2D eigenvalue weighted by Gasteiger charge is -2.49. The summed E-state index contributed by atoms with van der Waals surface area (Å²) in [6.45, 7) is 2.55. The van der Waals surface area contributed by atoms with Crippen molar-refractivity contribution in [1.82, 2.24) is 10.2 Å². The molecular weight excluding hydrogens is 196 g/mol. The first kappa shape index (κ1) is 11.0. The zero-order valence-corrected chi connectivity index (χ0v) is 10.5. The topological polar surface area (TPSA) is 15.3 Å². The predicted molar refractivity (Wildman–Crippen MR) is 67.6 cm³/mol. The Morgan fingerprint density at radius 2 is 1.56 bits per heavy atom. The third-order valence-electron chi connectivity index (χ3n) is 4.98. The van der Waals surface area contributed by atoms with Crippen LogP contribution >= 0.6 is 0 Å². The molecule has 1 saturated heterocycles. The molecule has 2 nitrogen and oxygen atoms in total. The van der Waals surface area contributed by atoms with E-state index in [-0.39, 0.29) is 0 Å². The zero-order chi connectivity index (χ0) is 10.8. The van der Waals surface area contributed by atoms with E-state index in [2.05, 4.69) is 10.2 Å². The molecule has 3 aliphatic rings. The quantitative estimate of drug-likeness (QED) is 0.733. The summed E-state index contributed by atoms with van der Waals surface area (Å²) in [5.41, 5.74) is 0. The van der Waals surface area contributed by atoms with E-state index >= 15 is 0 Å². The average Bonchev–Trinajstić information content (AvgIpc) is 2.39. The minimum atomic E-state index is 0.824. The van der Waals surface area contributed by atoms with Gasteiger partial charge in [0, 0.05) is 31.2 Å². The predicted octanol–water partition coefficient (Wildman–Crippen LogP) is 2.54. The smallest absolute Gasteiger partial charge is 0.0252 e. The maximum Gasteiger partial charge on any atom is 0.0252 e. The molecule has 1 aliphatic heterocycles. The first-order chi connectivity index (χ1) is 7.95. The summed E-state index contributed by atoms with van der Waals surface area (Å²) in [5, 5.41) is 3.75. The van der Waals surface area contributed by atoms with Gasteiger partial charge in [0.15, 0.2) is 0 Å². The lowest BCUT2D eigenvalue weighted by Crippen LogP contribution is -2.61. The fourth-order valence-corrected chi connectivity index (χ4v) is 4.16. The molecule has 2 heteroatoms. The van der Waals surface area contributed by atoms with Crippen LogP contribution in [0.1, 0.15) is 57.8 Å². The van der Waals surface area contributed by atoms with Crippen LogP contribution in [-0.4, -0.2) is 36.1 Å². The van der Waals surface area contributed by atoms with Gasteiger partial charge in [0.25, 0.3) is 0 Å². The van der Waals surface area contributed by atoms with Gasteiger partial charge in [-0.25, -0.2) is 0 Å². The van der Waals surface area contributed by atoms with Crippen molar-refractivity contribution in [3.63, 3.8) is 0 Å². The maximum absolute atomic E-state index is 3.75. The fraction of sp³-hybridized carbons (Fsp3) is 1.00. The Kier molecular flexibility index (Phi) is 3.49. The van der Waals surface area contributed by atoms with Crippen LogP contribution in [-0.2, 0) is 0 Å². The first-order valence-electron chi connectivity index (χ1n) is 7.44. The van der Waals surface area contributed by atoms with Crippen molar-refractivity contribution in [2.75, 3.05) is 13.1 Å². The van der Waals surface area contributed by atoms with Gasteiger partial charge in [-0.15, -0.1) is 0 Å². The van der Waals surface area contributed by atoms with Gasteiger partial charge in [-0.1, -0.05) is 32.1 Å². The Morgan fingerprint density at radius 3 is 2.44 bits per heavy atom. The molecule has 1 N–H and O–H groups in total. The van der Waals surface area contributed by atoms with Crippen molar-refractivity contribution < 1.29 is 0 Å². The van der Waals surface area contributed by atoms with Gasteiger partial charge in [0.05, 0.1) is 0 Å². The van der Waals surface area contributed by atoms with E-state index in [0.29, 0.717) is 0 Å². The van der Waals surface area contributed by atoms with E-state index in [9.17, 15) is 0 Å². The second-order valence-electron chi connectivity index (χ2n) is 5.94. The van der Waals surface area contributed by atoms with Gasteiger partial charge >= 0.3 is 0 Å². The lowest BCUT2D eigenvalue weighted by atomic mass is 9.84. The monoisotopic (exact) mass is 222 g/mol. The summed E-state index contributed by atoms with van der Waals surface area (Å²) >= 11 is 0. The average molecular weight is 222 g/mol. The summed E-state index contributed by atoms with van der Waals surface area (Å²) in [4.78, 5) is 2.89. The highest BCUT2D eigenvalue weighted by atomic mass is 15.3. The molecule has 16 heavy (non-hydrogen) atoms. The third-order valence-corrected chi connectivity index (χ3v) is 4.98. The highest BCUT2D eigenvalue weighted by molar-refractivity contribution is 4.95. The van der Waals surface area contributed by atoms with Crippen LogP contribution in [0.3, 0.4) is 0 Å². The Morgan fingerprint density at radius 1 is 0.812 bits per heavy atom. The van der Waals surface area contributed by atoms with E-state index in [1.165, 1.54) is 70.9 Å². The molecule has 92 valence electrons. The molecule has 0 amide bonds. The molecule has 0 spiro atoms.